The Morgan fingerprint density at radius 3 is 2.79 bits per heavy atom. The first-order valence-electron chi connectivity index (χ1n) is 9.61. The predicted octanol–water partition coefficient (Wildman–Crippen LogP) is 3.52. The molecule has 8 heteroatoms. The summed E-state index contributed by atoms with van der Waals surface area (Å²) in [6.45, 7) is 2.31. The highest BCUT2D eigenvalue weighted by molar-refractivity contribution is 9.10. The van der Waals surface area contributed by atoms with E-state index < -0.39 is 0 Å². The van der Waals surface area contributed by atoms with Crippen LogP contribution in [0.2, 0.25) is 0 Å². The Morgan fingerprint density at radius 2 is 2.00 bits per heavy atom. The summed E-state index contributed by atoms with van der Waals surface area (Å²) in [4.78, 5) is 19.6. The van der Waals surface area contributed by atoms with Crippen molar-refractivity contribution >= 4 is 44.6 Å². The molecule has 29 heavy (non-hydrogen) atoms. The summed E-state index contributed by atoms with van der Waals surface area (Å²) in [5.74, 6) is 1.36. The molecule has 1 saturated heterocycles. The molecule has 0 atom stereocenters. The van der Waals surface area contributed by atoms with Crippen molar-refractivity contribution in [3.63, 3.8) is 0 Å². The van der Waals surface area contributed by atoms with E-state index in [2.05, 4.69) is 36.0 Å². The van der Waals surface area contributed by atoms with E-state index in [0.717, 1.165) is 47.4 Å². The van der Waals surface area contributed by atoms with Crippen LogP contribution in [0.25, 0.3) is 22.8 Å². The van der Waals surface area contributed by atoms with E-state index in [4.69, 9.17) is 0 Å². The first-order valence-corrected chi connectivity index (χ1v) is 10.4. The number of hydrogen-bond donors (Lipinski definition) is 0. The number of allylic oxidation sites excluding steroid dienone is 1. The van der Waals surface area contributed by atoms with Crippen LogP contribution in [0.5, 0.6) is 0 Å². The molecule has 4 heterocycles. The zero-order valence-electron chi connectivity index (χ0n) is 15.7. The number of aromatic nitrogens is 5. The van der Waals surface area contributed by atoms with Crippen molar-refractivity contribution in [1.82, 2.24) is 24.1 Å². The third kappa shape index (κ3) is 3.23. The van der Waals surface area contributed by atoms with Gasteiger partial charge in [0.25, 0.3) is 5.56 Å². The van der Waals surface area contributed by atoms with Gasteiger partial charge in [0.05, 0.1) is 10.9 Å². The summed E-state index contributed by atoms with van der Waals surface area (Å²) in [6.07, 6.45) is 9.72. The molecule has 0 N–H and O–H groups in total. The minimum atomic E-state index is -0.0787. The number of fused-ring (bicyclic) bond motifs is 3. The van der Waals surface area contributed by atoms with Gasteiger partial charge in [0.1, 0.15) is 0 Å². The lowest BCUT2D eigenvalue weighted by molar-refractivity contribution is 0.786. The Hall–Kier alpha value is -3.00. The van der Waals surface area contributed by atoms with Crippen LogP contribution < -0.4 is 10.5 Å². The van der Waals surface area contributed by atoms with E-state index >= 15 is 0 Å². The Kier molecular flexibility index (Phi) is 4.63. The van der Waals surface area contributed by atoms with Gasteiger partial charge >= 0.3 is 0 Å². The molecule has 3 aromatic heterocycles. The van der Waals surface area contributed by atoms with Gasteiger partial charge in [-0.05, 0) is 42.7 Å². The quantitative estimate of drug-likeness (QED) is 0.475. The maximum absolute atomic E-state index is 13.3. The molecule has 1 fully saturated rings. The molecule has 1 aliphatic heterocycles. The summed E-state index contributed by atoms with van der Waals surface area (Å²) in [5, 5.41) is 9.49. The van der Waals surface area contributed by atoms with Crippen molar-refractivity contribution in [2.24, 2.45) is 0 Å². The normalized spacial score (nSPS) is 14.6. The Bertz CT molecular complexity index is 1270. The number of pyridine rings is 1. The zero-order valence-corrected chi connectivity index (χ0v) is 17.3. The summed E-state index contributed by atoms with van der Waals surface area (Å²) in [7, 11) is 0. The highest BCUT2D eigenvalue weighted by atomic mass is 79.9. The molecule has 5 rings (SSSR count). The number of nitrogens with zero attached hydrogens (tertiary/aromatic N) is 6. The van der Waals surface area contributed by atoms with Crippen LogP contribution in [0.3, 0.4) is 0 Å². The molecule has 0 unspecified atom stereocenters. The summed E-state index contributed by atoms with van der Waals surface area (Å²) in [5.41, 5.74) is 1.73. The first kappa shape index (κ1) is 18.1. The zero-order chi connectivity index (χ0) is 19.8. The van der Waals surface area contributed by atoms with Gasteiger partial charge in [0, 0.05) is 36.5 Å². The molecule has 0 spiro atoms. The van der Waals surface area contributed by atoms with Crippen LogP contribution in [0.1, 0.15) is 18.4 Å². The van der Waals surface area contributed by atoms with E-state index in [1.54, 1.807) is 17.0 Å². The lowest BCUT2D eigenvalue weighted by atomic mass is 10.2. The van der Waals surface area contributed by atoms with E-state index in [-0.39, 0.29) is 5.56 Å². The molecule has 146 valence electrons. The van der Waals surface area contributed by atoms with Gasteiger partial charge in [-0.25, -0.2) is 4.40 Å². The number of hydrogen-bond acceptors (Lipinski definition) is 5. The molecule has 0 aliphatic carbocycles. The second-order valence-corrected chi connectivity index (χ2v) is 8.01. The second kappa shape index (κ2) is 7.44. The van der Waals surface area contributed by atoms with Crippen molar-refractivity contribution in [2.75, 3.05) is 18.0 Å². The molecule has 1 aromatic carbocycles. The summed E-state index contributed by atoms with van der Waals surface area (Å²) in [6, 6.07) is 9.63. The fourth-order valence-electron chi connectivity index (χ4n) is 3.82. The van der Waals surface area contributed by atoms with Crippen molar-refractivity contribution in [2.45, 2.75) is 19.4 Å². The molecular formula is C21H19BrN6O. The number of anilines is 1. The number of rotatable bonds is 4. The van der Waals surface area contributed by atoms with Crippen LogP contribution in [0.4, 0.5) is 5.95 Å². The Morgan fingerprint density at radius 1 is 1.14 bits per heavy atom. The highest BCUT2D eigenvalue weighted by Crippen LogP contribution is 2.24. The van der Waals surface area contributed by atoms with Gasteiger partial charge in [-0.2, -0.15) is 0 Å². The molecule has 4 aromatic rings. The molecule has 1 aliphatic rings. The Balaban J connectivity index is 1.68. The van der Waals surface area contributed by atoms with Crippen LogP contribution in [-0.2, 0) is 6.54 Å². The second-order valence-electron chi connectivity index (χ2n) is 7.10. The van der Waals surface area contributed by atoms with Crippen molar-refractivity contribution in [3.05, 3.63) is 69.2 Å². The average Bonchev–Trinajstić information content (AvgIpc) is 3.41. The molecule has 0 radical (unpaired) electrons. The van der Waals surface area contributed by atoms with E-state index in [0.29, 0.717) is 17.7 Å². The van der Waals surface area contributed by atoms with Crippen molar-refractivity contribution in [3.8, 4) is 0 Å². The lowest BCUT2D eigenvalue weighted by Crippen LogP contribution is -2.25. The van der Waals surface area contributed by atoms with Gasteiger partial charge in [-0.3, -0.25) is 14.3 Å². The monoisotopic (exact) mass is 450 g/mol. The lowest BCUT2D eigenvalue weighted by Gasteiger charge is -2.16. The van der Waals surface area contributed by atoms with Crippen LogP contribution in [-0.4, -0.2) is 37.2 Å². The third-order valence-corrected chi connectivity index (χ3v) is 5.71. The molecule has 7 nitrogen and oxygen atoms in total. The fourth-order valence-corrected chi connectivity index (χ4v) is 4.19. The van der Waals surface area contributed by atoms with Crippen molar-refractivity contribution in [1.29, 1.82) is 0 Å². The van der Waals surface area contributed by atoms with Gasteiger partial charge in [0.2, 0.25) is 11.7 Å². The SMILES string of the molecule is O=c1c2cc(Br)ccc2n2c(N3CCCC3)nnc2n1C/C=C/c1cccnc1. The number of benzene rings is 1. The maximum Gasteiger partial charge on any atom is 0.263 e. The van der Waals surface area contributed by atoms with E-state index in [1.807, 2.05) is 46.9 Å². The summed E-state index contributed by atoms with van der Waals surface area (Å²) < 4.78 is 4.55. The molecular weight excluding hydrogens is 432 g/mol. The predicted molar refractivity (Wildman–Crippen MR) is 117 cm³/mol. The average molecular weight is 451 g/mol. The van der Waals surface area contributed by atoms with Crippen LogP contribution in [0.15, 0.2) is 58.1 Å². The van der Waals surface area contributed by atoms with Gasteiger partial charge in [0.15, 0.2) is 0 Å². The third-order valence-electron chi connectivity index (χ3n) is 5.22. The molecule has 0 amide bonds. The van der Waals surface area contributed by atoms with E-state index in [1.165, 1.54) is 0 Å². The molecule has 0 bridgehead atoms. The minimum absolute atomic E-state index is 0.0787. The molecule has 0 saturated carbocycles. The first-order chi connectivity index (χ1) is 14.2. The standard InChI is InChI=1S/C21H19BrN6O/c22-16-7-8-18-17(13-16)19(29)27(12-4-6-15-5-3-9-23-14-15)21-25-24-20(28(18)21)26-10-1-2-11-26/h3-9,13-14H,1-2,10-12H2/b6-4+. The highest BCUT2D eigenvalue weighted by Gasteiger charge is 2.22. The topological polar surface area (TPSA) is 68.3 Å². The van der Waals surface area contributed by atoms with Crippen molar-refractivity contribution < 1.29 is 0 Å². The number of halogens is 1. The largest absolute Gasteiger partial charge is 0.341 e. The van der Waals surface area contributed by atoms with Gasteiger partial charge < -0.3 is 4.90 Å². The maximum atomic E-state index is 13.3. The Labute approximate surface area is 175 Å². The van der Waals surface area contributed by atoms with Crippen LogP contribution >= 0.6 is 15.9 Å². The van der Waals surface area contributed by atoms with Crippen LogP contribution in [0, 0.1) is 0 Å². The summed E-state index contributed by atoms with van der Waals surface area (Å²) >= 11 is 3.49. The van der Waals surface area contributed by atoms with Gasteiger partial charge in [-0.1, -0.05) is 34.1 Å². The minimum Gasteiger partial charge on any atom is -0.341 e. The fraction of sp³-hybridized carbons (Fsp3) is 0.238. The smallest absolute Gasteiger partial charge is 0.263 e. The van der Waals surface area contributed by atoms with Gasteiger partial charge in [-0.15, -0.1) is 10.2 Å². The van der Waals surface area contributed by atoms with E-state index in [9.17, 15) is 4.79 Å².